The van der Waals surface area contributed by atoms with E-state index in [1.807, 2.05) is 38.1 Å². The largest absolute Gasteiger partial charge is 0.455 e. The Labute approximate surface area is 203 Å². The number of carbonyl (C=O) groups is 3. The summed E-state index contributed by atoms with van der Waals surface area (Å²) in [6.45, 7) is 6.38. The minimum atomic E-state index is -1.35. The topological polar surface area (TPSA) is 107 Å². The lowest BCUT2D eigenvalue weighted by molar-refractivity contribution is -0.354. The van der Waals surface area contributed by atoms with Crippen LogP contribution < -0.4 is 0 Å². The number of ether oxygens (including phenoxy) is 6. The van der Waals surface area contributed by atoms with E-state index in [0.717, 1.165) is 16.7 Å². The fourth-order valence-electron chi connectivity index (χ4n) is 4.04. The van der Waals surface area contributed by atoms with E-state index in [-0.39, 0.29) is 6.61 Å². The summed E-state index contributed by atoms with van der Waals surface area (Å²) in [6.07, 6.45) is -6.02. The predicted octanol–water partition coefficient (Wildman–Crippen LogP) is 3.16. The van der Waals surface area contributed by atoms with Crippen molar-refractivity contribution >= 4 is 17.9 Å². The van der Waals surface area contributed by atoms with Gasteiger partial charge in [0.1, 0.15) is 12.2 Å². The molecule has 0 bridgehead atoms. The Hall–Kier alpha value is -3.27. The normalized spacial score (nSPS) is 27.9. The summed E-state index contributed by atoms with van der Waals surface area (Å²) in [6, 6.07) is 14.4. The average molecular weight is 485 g/mol. The molecule has 2 heterocycles. The fraction of sp³-hybridized carbons (Fsp3) is 0.423. The molecular weight excluding hydrogens is 456 g/mol. The molecule has 2 aliphatic heterocycles. The highest BCUT2D eigenvalue weighted by molar-refractivity contribution is 5.89. The number of hydrogen-bond donors (Lipinski definition) is 0. The average Bonchev–Trinajstić information content (AvgIpc) is 2.81. The van der Waals surface area contributed by atoms with E-state index in [1.54, 1.807) is 24.3 Å². The van der Waals surface area contributed by atoms with Crippen LogP contribution in [0.5, 0.6) is 0 Å². The van der Waals surface area contributed by atoms with Gasteiger partial charge in [-0.25, -0.2) is 4.79 Å². The zero-order chi connectivity index (χ0) is 25.1. The molecule has 9 heteroatoms. The minimum Gasteiger partial charge on any atom is -0.455 e. The van der Waals surface area contributed by atoms with Crippen molar-refractivity contribution in [3.63, 3.8) is 0 Å². The Bertz CT molecular complexity index is 1060. The van der Waals surface area contributed by atoms with Gasteiger partial charge in [-0.05, 0) is 26.0 Å². The Balaban J connectivity index is 1.60. The third-order valence-corrected chi connectivity index (χ3v) is 5.75. The number of aryl methyl sites for hydroxylation is 2. The molecule has 2 saturated heterocycles. The van der Waals surface area contributed by atoms with Crippen molar-refractivity contribution in [2.75, 3.05) is 6.61 Å². The second-order valence-electron chi connectivity index (χ2n) is 8.64. The van der Waals surface area contributed by atoms with Crippen LogP contribution in [-0.2, 0) is 38.0 Å². The van der Waals surface area contributed by atoms with Gasteiger partial charge >= 0.3 is 17.9 Å². The van der Waals surface area contributed by atoms with Crippen LogP contribution in [0.3, 0.4) is 0 Å². The molecule has 186 valence electrons. The van der Waals surface area contributed by atoms with Gasteiger partial charge in [-0.3, -0.25) is 9.59 Å². The molecule has 2 aromatic rings. The van der Waals surface area contributed by atoms with Gasteiger partial charge in [0, 0.05) is 19.4 Å². The molecule has 2 aromatic carbocycles. The standard InChI is InChI=1S/C26H28O9/c1-14-5-9-18(10-6-14)24(29)35-26-23(32-17(4)28)22(31-16(3)27)21-20(33-26)13-30-25(34-21)19-11-7-15(2)8-12-19/h5-12,20-23,25-26H,13H2,1-4H3/t20-,21-,22+,23-,25-,26+/m1/s1. The molecule has 0 unspecified atom stereocenters. The van der Waals surface area contributed by atoms with Crippen LogP contribution in [0.2, 0.25) is 0 Å². The maximum Gasteiger partial charge on any atom is 0.340 e. The summed E-state index contributed by atoms with van der Waals surface area (Å²) in [5.41, 5.74) is 3.12. The second kappa shape index (κ2) is 10.6. The highest BCUT2D eigenvalue weighted by Gasteiger charge is 2.54. The van der Waals surface area contributed by atoms with Gasteiger partial charge in [-0.2, -0.15) is 0 Å². The quantitative estimate of drug-likeness (QED) is 0.467. The van der Waals surface area contributed by atoms with Crippen molar-refractivity contribution in [2.45, 2.75) is 64.7 Å². The molecule has 0 radical (unpaired) electrons. The summed E-state index contributed by atoms with van der Waals surface area (Å²) < 4.78 is 34.5. The Morgan fingerprint density at radius 3 is 1.94 bits per heavy atom. The zero-order valence-electron chi connectivity index (χ0n) is 20.0. The summed E-state index contributed by atoms with van der Waals surface area (Å²) >= 11 is 0. The molecule has 0 aliphatic carbocycles. The first-order chi connectivity index (χ1) is 16.7. The fourth-order valence-corrected chi connectivity index (χ4v) is 4.04. The van der Waals surface area contributed by atoms with Gasteiger partial charge in [-0.1, -0.05) is 47.5 Å². The first-order valence-electron chi connectivity index (χ1n) is 11.3. The number of esters is 3. The monoisotopic (exact) mass is 484 g/mol. The molecule has 0 spiro atoms. The van der Waals surface area contributed by atoms with Gasteiger partial charge in [-0.15, -0.1) is 0 Å². The van der Waals surface area contributed by atoms with Crippen molar-refractivity contribution in [2.24, 2.45) is 0 Å². The smallest absolute Gasteiger partial charge is 0.340 e. The van der Waals surface area contributed by atoms with Crippen LogP contribution >= 0.6 is 0 Å². The van der Waals surface area contributed by atoms with Gasteiger partial charge in [0.05, 0.1) is 12.2 Å². The number of carbonyl (C=O) groups excluding carboxylic acids is 3. The molecular formula is C26H28O9. The van der Waals surface area contributed by atoms with E-state index >= 15 is 0 Å². The highest BCUT2D eigenvalue weighted by atomic mass is 16.8. The molecule has 0 N–H and O–H groups in total. The van der Waals surface area contributed by atoms with Gasteiger partial charge in [0.15, 0.2) is 12.4 Å². The van der Waals surface area contributed by atoms with Crippen LogP contribution in [0.1, 0.15) is 47.2 Å². The Morgan fingerprint density at radius 2 is 1.34 bits per heavy atom. The number of fused-ring (bicyclic) bond motifs is 1. The van der Waals surface area contributed by atoms with E-state index in [9.17, 15) is 14.4 Å². The number of rotatable bonds is 5. The first kappa shape index (κ1) is 24.8. The van der Waals surface area contributed by atoms with Gasteiger partial charge in [0.2, 0.25) is 12.4 Å². The van der Waals surface area contributed by atoms with Crippen molar-refractivity contribution in [3.05, 3.63) is 70.8 Å². The van der Waals surface area contributed by atoms with Crippen LogP contribution in [0.4, 0.5) is 0 Å². The third kappa shape index (κ3) is 5.87. The van der Waals surface area contributed by atoms with Crippen LogP contribution in [0.15, 0.2) is 48.5 Å². The van der Waals surface area contributed by atoms with Crippen molar-refractivity contribution in [3.8, 4) is 0 Å². The number of hydrogen-bond acceptors (Lipinski definition) is 9. The maximum absolute atomic E-state index is 12.8. The van der Waals surface area contributed by atoms with Crippen molar-refractivity contribution in [1.29, 1.82) is 0 Å². The minimum absolute atomic E-state index is 0.0757. The third-order valence-electron chi connectivity index (χ3n) is 5.75. The summed E-state index contributed by atoms with van der Waals surface area (Å²) in [5, 5.41) is 0. The van der Waals surface area contributed by atoms with E-state index in [4.69, 9.17) is 28.4 Å². The molecule has 4 rings (SSSR count). The molecule has 9 nitrogen and oxygen atoms in total. The number of benzene rings is 2. The zero-order valence-corrected chi connectivity index (χ0v) is 20.0. The molecule has 0 saturated carbocycles. The highest BCUT2D eigenvalue weighted by Crippen LogP contribution is 2.37. The lowest BCUT2D eigenvalue weighted by Crippen LogP contribution is -2.64. The van der Waals surface area contributed by atoms with Crippen LogP contribution in [-0.4, -0.2) is 55.2 Å². The maximum atomic E-state index is 12.8. The Morgan fingerprint density at radius 1 is 0.771 bits per heavy atom. The Kier molecular flexibility index (Phi) is 7.49. The van der Waals surface area contributed by atoms with Gasteiger partial charge in [0.25, 0.3) is 0 Å². The molecule has 2 aliphatic rings. The van der Waals surface area contributed by atoms with Crippen LogP contribution in [0, 0.1) is 13.8 Å². The van der Waals surface area contributed by atoms with Crippen molar-refractivity contribution in [1.82, 2.24) is 0 Å². The molecule has 6 atom stereocenters. The van der Waals surface area contributed by atoms with Gasteiger partial charge < -0.3 is 28.4 Å². The molecule has 2 fully saturated rings. The van der Waals surface area contributed by atoms with Crippen LogP contribution in [0.25, 0.3) is 0 Å². The van der Waals surface area contributed by atoms with E-state index in [0.29, 0.717) is 5.56 Å². The summed E-state index contributed by atoms with van der Waals surface area (Å²) in [7, 11) is 0. The lowest BCUT2D eigenvalue weighted by Gasteiger charge is -2.47. The molecule has 0 amide bonds. The lowest BCUT2D eigenvalue weighted by atomic mass is 9.97. The summed E-state index contributed by atoms with van der Waals surface area (Å²) in [4.78, 5) is 36.7. The van der Waals surface area contributed by atoms with E-state index in [2.05, 4.69) is 0 Å². The van der Waals surface area contributed by atoms with Crippen molar-refractivity contribution < 1.29 is 42.8 Å². The second-order valence-corrected chi connectivity index (χ2v) is 8.64. The van der Waals surface area contributed by atoms with E-state index < -0.39 is 54.9 Å². The predicted molar refractivity (Wildman–Crippen MR) is 121 cm³/mol. The molecule has 0 aromatic heterocycles. The molecule has 35 heavy (non-hydrogen) atoms. The SMILES string of the molecule is CC(=O)O[C@@H]1[C@@H](OC(C)=O)[C@H](OC(=O)c2ccc(C)cc2)O[C@@H]2CO[C@@H](c3ccc(C)cc3)O[C@@H]12. The summed E-state index contributed by atoms with van der Waals surface area (Å²) in [5.74, 6) is -1.95. The first-order valence-corrected chi connectivity index (χ1v) is 11.3. The van der Waals surface area contributed by atoms with E-state index in [1.165, 1.54) is 13.8 Å².